The molecule has 1 atom stereocenters. The first-order valence-electron chi connectivity index (χ1n) is 7.25. The van der Waals surface area contributed by atoms with Gasteiger partial charge in [0.05, 0.1) is 5.69 Å². The lowest BCUT2D eigenvalue weighted by atomic mass is 9.91. The summed E-state index contributed by atoms with van der Waals surface area (Å²) < 4.78 is 1.87. The Balaban J connectivity index is 1.81. The van der Waals surface area contributed by atoms with Gasteiger partial charge in [0, 0.05) is 35.4 Å². The van der Waals surface area contributed by atoms with Gasteiger partial charge in [0.25, 0.3) is 0 Å². The molecule has 0 unspecified atom stereocenters. The van der Waals surface area contributed by atoms with E-state index in [0.29, 0.717) is 17.3 Å². The van der Waals surface area contributed by atoms with Crippen LogP contribution in [0.1, 0.15) is 23.6 Å². The van der Waals surface area contributed by atoms with Crippen LogP contribution in [0, 0.1) is 0 Å². The van der Waals surface area contributed by atoms with Crippen molar-refractivity contribution in [3.63, 3.8) is 0 Å². The number of benzene rings is 1. The van der Waals surface area contributed by atoms with E-state index in [1.807, 2.05) is 41.0 Å². The molecule has 3 heterocycles. The number of hydrogen-bond acceptors (Lipinski definition) is 3. The standard InChI is InChI=1S/C17H13ClN4O/c18-12-3-5-13(6-4-12)22-10-20-16-14(8-15(23)21-17(16)22)11-2-1-7-19-9-11/h1-7,9-10,14H,8H2,(H,21,23)/t14-/m0/s1. The van der Waals surface area contributed by atoms with Crippen LogP contribution in [0.4, 0.5) is 5.82 Å². The van der Waals surface area contributed by atoms with Gasteiger partial charge in [-0.25, -0.2) is 4.98 Å². The summed E-state index contributed by atoms with van der Waals surface area (Å²) in [4.78, 5) is 20.8. The molecule has 0 spiro atoms. The van der Waals surface area contributed by atoms with Crippen molar-refractivity contribution in [2.24, 2.45) is 0 Å². The van der Waals surface area contributed by atoms with Crippen molar-refractivity contribution in [1.82, 2.24) is 14.5 Å². The van der Waals surface area contributed by atoms with Gasteiger partial charge < -0.3 is 5.32 Å². The molecule has 4 rings (SSSR count). The molecule has 1 amide bonds. The number of rotatable bonds is 2. The van der Waals surface area contributed by atoms with Gasteiger partial charge in [-0.1, -0.05) is 17.7 Å². The van der Waals surface area contributed by atoms with Crippen LogP contribution in [0.25, 0.3) is 5.69 Å². The summed E-state index contributed by atoms with van der Waals surface area (Å²) in [5.74, 6) is 0.598. The number of fused-ring (bicyclic) bond motifs is 1. The lowest BCUT2D eigenvalue weighted by Crippen LogP contribution is -2.24. The molecule has 1 N–H and O–H groups in total. The molecule has 0 aliphatic carbocycles. The number of pyridine rings is 1. The van der Waals surface area contributed by atoms with Gasteiger partial charge >= 0.3 is 0 Å². The van der Waals surface area contributed by atoms with E-state index in [1.165, 1.54) is 0 Å². The first-order valence-corrected chi connectivity index (χ1v) is 7.63. The summed E-state index contributed by atoms with van der Waals surface area (Å²) in [6.07, 6.45) is 5.60. The Hall–Kier alpha value is -2.66. The molecule has 3 aromatic rings. The van der Waals surface area contributed by atoms with Crippen molar-refractivity contribution in [2.45, 2.75) is 12.3 Å². The summed E-state index contributed by atoms with van der Waals surface area (Å²) in [5.41, 5.74) is 2.74. The molecule has 0 radical (unpaired) electrons. The maximum Gasteiger partial charge on any atom is 0.226 e. The van der Waals surface area contributed by atoms with Gasteiger partial charge in [-0.15, -0.1) is 0 Å². The number of carbonyl (C=O) groups excluding carboxylic acids is 1. The van der Waals surface area contributed by atoms with Gasteiger partial charge in [0.15, 0.2) is 0 Å². The minimum Gasteiger partial charge on any atom is -0.310 e. The molecule has 0 bridgehead atoms. The van der Waals surface area contributed by atoms with Crippen molar-refractivity contribution in [2.75, 3.05) is 5.32 Å². The predicted octanol–water partition coefficient (Wildman–Crippen LogP) is 3.39. The van der Waals surface area contributed by atoms with Gasteiger partial charge in [0.1, 0.15) is 12.1 Å². The largest absolute Gasteiger partial charge is 0.310 e. The molecule has 114 valence electrons. The molecule has 1 aliphatic heterocycles. The number of nitrogens with zero attached hydrogens (tertiary/aromatic N) is 3. The quantitative estimate of drug-likeness (QED) is 0.786. The van der Waals surface area contributed by atoms with E-state index in [1.54, 1.807) is 18.7 Å². The monoisotopic (exact) mass is 324 g/mol. The van der Waals surface area contributed by atoms with Crippen LogP contribution in [0.2, 0.25) is 5.02 Å². The van der Waals surface area contributed by atoms with Crippen LogP contribution in [0.5, 0.6) is 0 Å². The Morgan fingerprint density at radius 1 is 1.22 bits per heavy atom. The van der Waals surface area contributed by atoms with Crippen molar-refractivity contribution in [3.8, 4) is 5.69 Å². The third kappa shape index (κ3) is 2.49. The molecule has 23 heavy (non-hydrogen) atoms. The molecule has 2 aromatic heterocycles. The Bertz CT molecular complexity index is 858. The first-order chi connectivity index (χ1) is 11.2. The predicted molar refractivity (Wildman–Crippen MR) is 87.9 cm³/mol. The van der Waals surface area contributed by atoms with Crippen molar-refractivity contribution in [1.29, 1.82) is 0 Å². The highest BCUT2D eigenvalue weighted by Gasteiger charge is 2.30. The highest BCUT2D eigenvalue weighted by molar-refractivity contribution is 6.30. The number of nitrogens with one attached hydrogen (secondary N) is 1. The average Bonchev–Trinajstić information content (AvgIpc) is 2.99. The Kier molecular flexibility index (Phi) is 3.35. The molecular weight excluding hydrogens is 312 g/mol. The number of carbonyl (C=O) groups is 1. The van der Waals surface area contributed by atoms with Crippen molar-refractivity contribution < 1.29 is 4.79 Å². The highest BCUT2D eigenvalue weighted by atomic mass is 35.5. The molecular formula is C17H13ClN4O. The molecule has 1 aliphatic rings. The van der Waals surface area contributed by atoms with E-state index in [4.69, 9.17) is 11.6 Å². The van der Waals surface area contributed by atoms with Crippen molar-refractivity contribution in [3.05, 3.63) is 71.4 Å². The normalized spacial score (nSPS) is 16.7. The van der Waals surface area contributed by atoms with Gasteiger partial charge in [-0.2, -0.15) is 0 Å². The summed E-state index contributed by atoms with van der Waals surface area (Å²) in [6, 6.07) is 11.3. The van der Waals surface area contributed by atoms with Crippen LogP contribution in [0.3, 0.4) is 0 Å². The number of anilines is 1. The molecule has 6 heteroatoms. The summed E-state index contributed by atoms with van der Waals surface area (Å²) in [6.45, 7) is 0. The third-order valence-electron chi connectivity index (χ3n) is 3.96. The van der Waals surface area contributed by atoms with E-state index in [9.17, 15) is 4.79 Å². The fraction of sp³-hybridized carbons (Fsp3) is 0.118. The number of aromatic nitrogens is 3. The summed E-state index contributed by atoms with van der Waals surface area (Å²) >= 11 is 5.94. The topological polar surface area (TPSA) is 59.8 Å². The Morgan fingerprint density at radius 3 is 2.78 bits per heavy atom. The highest BCUT2D eigenvalue weighted by Crippen LogP contribution is 2.36. The summed E-state index contributed by atoms with van der Waals surface area (Å²) in [7, 11) is 0. The van der Waals surface area contributed by atoms with Crippen molar-refractivity contribution >= 4 is 23.3 Å². The molecule has 1 aromatic carbocycles. The van der Waals surface area contributed by atoms with E-state index in [2.05, 4.69) is 15.3 Å². The zero-order valence-corrected chi connectivity index (χ0v) is 12.9. The van der Waals surface area contributed by atoms with E-state index < -0.39 is 0 Å². The minimum atomic E-state index is -0.0824. The second-order valence-electron chi connectivity index (χ2n) is 5.42. The first kappa shape index (κ1) is 14.0. The molecule has 0 fully saturated rings. The van der Waals surface area contributed by atoms with Crippen LogP contribution in [-0.4, -0.2) is 20.4 Å². The number of imidazole rings is 1. The van der Waals surface area contributed by atoms with Crippen LogP contribution >= 0.6 is 11.6 Å². The maximum atomic E-state index is 12.2. The molecule has 0 saturated heterocycles. The average molecular weight is 325 g/mol. The zero-order valence-electron chi connectivity index (χ0n) is 12.1. The SMILES string of the molecule is O=C1C[C@@H](c2cccnc2)c2ncn(-c3ccc(Cl)cc3)c2N1. The smallest absolute Gasteiger partial charge is 0.226 e. The van der Waals surface area contributed by atoms with E-state index >= 15 is 0 Å². The van der Waals surface area contributed by atoms with Crippen LogP contribution in [-0.2, 0) is 4.79 Å². The van der Waals surface area contributed by atoms with E-state index in [0.717, 1.165) is 16.9 Å². The number of halogens is 1. The zero-order chi connectivity index (χ0) is 15.8. The van der Waals surface area contributed by atoms with E-state index in [-0.39, 0.29) is 11.8 Å². The van der Waals surface area contributed by atoms with Gasteiger partial charge in [0.2, 0.25) is 5.91 Å². The molecule has 0 saturated carbocycles. The lowest BCUT2D eigenvalue weighted by Gasteiger charge is -2.23. The fourth-order valence-electron chi connectivity index (χ4n) is 2.86. The molecule has 5 nitrogen and oxygen atoms in total. The number of hydrogen-bond donors (Lipinski definition) is 1. The fourth-order valence-corrected chi connectivity index (χ4v) is 2.99. The summed E-state index contributed by atoms with van der Waals surface area (Å²) in [5, 5.41) is 3.60. The number of amides is 1. The van der Waals surface area contributed by atoms with Crippen LogP contribution < -0.4 is 5.32 Å². The second kappa shape index (κ2) is 5.52. The van der Waals surface area contributed by atoms with Gasteiger partial charge in [-0.05, 0) is 35.9 Å². The third-order valence-corrected chi connectivity index (χ3v) is 4.22. The van der Waals surface area contributed by atoms with Gasteiger partial charge in [-0.3, -0.25) is 14.3 Å². The second-order valence-corrected chi connectivity index (χ2v) is 5.85. The minimum absolute atomic E-state index is 0.0259. The van der Waals surface area contributed by atoms with Crippen LogP contribution in [0.15, 0.2) is 55.1 Å². The lowest BCUT2D eigenvalue weighted by molar-refractivity contribution is -0.116. The maximum absolute atomic E-state index is 12.2. The Morgan fingerprint density at radius 2 is 2.04 bits per heavy atom. The Labute approximate surface area is 138 Å².